The normalized spacial score (nSPS) is 14.0. The Labute approximate surface area is 169 Å². The second kappa shape index (κ2) is 8.82. The first-order valence-corrected chi connectivity index (χ1v) is 10.1. The number of H-pyrrole nitrogens is 1. The number of hydrogen-bond acceptors (Lipinski definition) is 3. The van der Waals surface area contributed by atoms with Gasteiger partial charge in [0.1, 0.15) is 5.75 Å². The fourth-order valence-electron chi connectivity index (χ4n) is 3.72. The molecule has 2 amide bonds. The minimum absolute atomic E-state index is 0.244. The fraction of sp³-hybridized carbons (Fsp3) is 0.304. The number of nitrogens with one attached hydrogen (secondary N) is 2. The van der Waals surface area contributed by atoms with E-state index in [1.54, 1.807) is 29.2 Å². The Kier molecular flexibility index (Phi) is 5.79. The number of aromatic amines is 1. The molecule has 0 spiro atoms. The molecule has 2 N–H and O–H groups in total. The minimum atomic E-state index is -0.385. The zero-order valence-corrected chi connectivity index (χ0v) is 16.3. The monoisotopic (exact) mass is 391 g/mol. The topological polar surface area (TPSA) is 74.4 Å². The average molecular weight is 391 g/mol. The molecule has 0 aliphatic carbocycles. The summed E-state index contributed by atoms with van der Waals surface area (Å²) in [6.07, 6.45) is 5.43. The standard InChI is InChI=1S/C23H25N3O3/c27-22(24-13-12-17-16-25-20-10-4-2-8-18(17)20)19-9-3-5-11-21(19)29-23(28)26-14-6-1-7-15-26/h2-5,8-11,16,25H,1,6-7,12-15H2,(H,24,27). The van der Waals surface area contributed by atoms with Gasteiger partial charge in [0, 0.05) is 36.7 Å². The van der Waals surface area contributed by atoms with Gasteiger partial charge < -0.3 is 19.9 Å². The Morgan fingerprint density at radius 3 is 2.62 bits per heavy atom. The highest BCUT2D eigenvalue weighted by molar-refractivity contribution is 5.97. The molecule has 1 aromatic heterocycles. The van der Waals surface area contributed by atoms with Gasteiger partial charge in [0.25, 0.3) is 5.91 Å². The minimum Gasteiger partial charge on any atom is -0.409 e. The van der Waals surface area contributed by atoms with Gasteiger partial charge in [-0.15, -0.1) is 0 Å². The van der Waals surface area contributed by atoms with Gasteiger partial charge in [0.05, 0.1) is 5.56 Å². The van der Waals surface area contributed by atoms with Crippen LogP contribution >= 0.6 is 0 Å². The number of carbonyl (C=O) groups excluding carboxylic acids is 2. The van der Waals surface area contributed by atoms with Crippen molar-refractivity contribution >= 4 is 22.9 Å². The summed E-state index contributed by atoms with van der Waals surface area (Å²) in [6.45, 7) is 1.91. The molecule has 1 aliphatic heterocycles. The number of hydrogen-bond donors (Lipinski definition) is 2. The van der Waals surface area contributed by atoms with E-state index in [1.165, 1.54) is 0 Å². The van der Waals surface area contributed by atoms with Crippen molar-refractivity contribution in [3.63, 3.8) is 0 Å². The van der Waals surface area contributed by atoms with Crippen molar-refractivity contribution < 1.29 is 14.3 Å². The molecule has 6 heteroatoms. The maximum atomic E-state index is 12.7. The van der Waals surface area contributed by atoms with Gasteiger partial charge in [-0.2, -0.15) is 0 Å². The summed E-state index contributed by atoms with van der Waals surface area (Å²) in [5.74, 6) is 0.0551. The molecule has 0 unspecified atom stereocenters. The highest BCUT2D eigenvalue weighted by Gasteiger charge is 2.21. The van der Waals surface area contributed by atoms with Crippen LogP contribution in [0.4, 0.5) is 4.79 Å². The highest BCUT2D eigenvalue weighted by Crippen LogP contribution is 2.21. The number of aromatic nitrogens is 1. The van der Waals surface area contributed by atoms with Crippen molar-refractivity contribution in [1.29, 1.82) is 0 Å². The van der Waals surface area contributed by atoms with E-state index in [9.17, 15) is 9.59 Å². The summed E-state index contributed by atoms with van der Waals surface area (Å²) < 4.78 is 5.54. The zero-order valence-electron chi connectivity index (χ0n) is 16.3. The lowest BCUT2D eigenvalue weighted by Gasteiger charge is -2.26. The van der Waals surface area contributed by atoms with E-state index in [0.29, 0.717) is 37.4 Å². The van der Waals surface area contributed by atoms with Crippen LogP contribution in [0.1, 0.15) is 35.2 Å². The molecule has 4 rings (SSSR count). The predicted molar refractivity (Wildman–Crippen MR) is 112 cm³/mol. The van der Waals surface area contributed by atoms with Crippen molar-refractivity contribution in [3.8, 4) is 5.75 Å². The maximum absolute atomic E-state index is 12.7. The first kappa shape index (κ1) is 19.1. The Morgan fingerprint density at radius 1 is 1.00 bits per heavy atom. The van der Waals surface area contributed by atoms with Crippen molar-refractivity contribution in [1.82, 2.24) is 15.2 Å². The van der Waals surface area contributed by atoms with Crippen LogP contribution in [0, 0.1) is 0 Å². The summed E-state index contributed by atoms with van der Waals surface area (Å²) >= 11 is 0. The smallest absolute Gasteiger partial charge is 0.409 e. The van der Waals surface area contributed by atoms with Gasteiger partial charge in [-0.3, -0.25) is 4.79 Å². The number of benzene rings is 2. The van der Waals surface area contributed by atoms with E-state index in [4.69, 9.17) is 4.74 Å². The van der Waals surface area contributed by atoms with Gasteiger partial charge in [-0.1, -0.05) is 30.3 Å². The number of para-hydroxylation sites is 2. The average Bonchev–Trinajstić information content (AvgIpc) is 3.18. The molecule has 1 saturated heterocycles. The van der Waals surface area contributed by atoms with Gasteiger partial charge in [-0.25, -0.2) is 4.79 Å². The molecule has 0 atom stereocenters. The lowest BCUT2D eigenvalue weighted by molar-refractivity contribution is 0.0950. The number of ether oxygens (including phenoxy) is 1. The van der Waals surface area contributed by atoms with Gasteiger partial charge in [0.15, 0.2) is 0 Å². The molecule has 0 radical (unpaired) electrons. The molecule has 2 heterocycles. The number of carbonyl (C=O) groups is 2. The first-order chi connectivity index (χ1) is 14.2. The SMILES string of the molecule is O=C(NCCc1c[nH]c2ccccc12)c1ccccc1OC(=O)N1CCCCC1. The van der Waals surface area contributed by atoms with E-state index < -0.39 is 0 Å². The van der Waals surface area contributed by atoms with Crippen molar-refractivity contribution in [2.24, 2.45) is 0 Å². The lowest BCUT2D eigenvalue weighted by atomic mass is 10.1. The van der Waals surface area contributed by atoms with E-state index in [0.717, 1.165) is 35.7 Å². The number of rotatable bonds is 5. The van der Waals surface area contributed by atoms with E-state index in [1.807, 2.05) is 24.4 Å². The molecular formula is C23H25N3O3. The molecule has 2 aromatic carbocycles. The molecular weight excluding hydrogens is 366 g/mol. The molecule has 3 aromatic rings. The van der Waals surface area contributed by atoms with Gasteiger partial charge >= 0.3 is 6.09 Å². The van der Waals surface area contributed by atoms with Crippen molar-refractivity contribution in [3.05, 3.63) is 65.9 Å². The summed E-state index contributed by atoms with van der Waals surface area (Å²) in [7, 11) is 0. The summed E-state index contributed by atoms with van der Waals surface area (Å²) in [5, 5.41) is 4.10. The first-order valence-electron chi connectivity index (χ1n) is 10.1. The van der Waals surface area contributed by atoms with Crippen LogP contribution in [0.25, 0.3) is 10.9 Å². The number of fused-ring (bicyclic) bond motifs is 1. The Hall–Kier alpha value is -3.28. The third-order valence-electron chi connectivity index (χ3n) is 5.30. The summed E-state index contributed by atoms with van der Waals surface area (Å²) in [6, 6.07) is 15.0. The zero-order chi connectivity index (χ0) is 20.1. The van der Waals surface area contributed by atoms with Crippen LogP contribution in [0.2, 0.25) is 0 Å². The lowest BCUT2D eigenvalue weighted by Crippen LogP contribution is -2.38. The largest absolute Gasteiger partial charge is 0.415 e. The molecule has 150 valence electrons. The van der Waals surface area contributed by atoms with Crippen LogP contribution in [0.15, 0.2) is 54.7 Å². The quantitative estimate of drug-likeness (QED) is 0.687. The van der Waals surface area contributed by atoms with Crippen molar-refractivity contribution in [2.75, 3.05) is 19.6 Å². The molecule has 6 nitrogen and oxygen atoms in total. The molecule has 0 saturated carbocycles. The number of piperidine rings is 1. The van der Waals surface area contributed by atoms with Crippen LogP contribution in [-0.4, -0.2) is 41.5 Å². The molecule has 1 aliphatic rings. The van der Waals surface area contributed by atoms with E-state index in [-0.39, 0.29) is 12.0 Å². The van der Waals surface area contributed by atoms with Crippen LogP contribution < -0.4 is 10.1 Å². The Bertz CT molecular complexity index is 1010. The third-order valence-corrected chi connectivity index (χ3v) is 5.30. The van der Waals surface area contributed by atoms with E-state index in [2.05, 4.69) is 16.4 Å². The summed E-state index contributed by atoms with van der Waals surface area (Å²) in [4.78, 5) is 30.0. The Morgan fingerprint density at radius 2 is 1.76 bits per heavy atom. The second-order valence-corrected chi connectivity index (χ2v) is 7.28. The van der Waals surface area contributed by atoms with Gasteiger partial charge in [-0.05, 0) is 49.4 Å². The van der Waals surface area contributed by atoms with Gasteiger partial charge in [0.2, 0.25) is 0 Å². The fourth-order valence-corrected chi connectivity index (χ4v) is 3.72. The number of nitrogens with zero attached hydrogens (tertiary/aromatic N) is 1. The van der Waals surface area contributed by atoms with E-state index >= 15 is 0 Å². The predicted octanol–water partition coefficient (Wildman–Crippen LogP) is 4.13. The number of amides is 2. The highest BCUT2D eigenvalue weighted by atomic mass is 16.6. The van der Waals surface area contributed by atoms with Crippen LogP contribution in [0.3, 0.4) is 0 Å². The molecule has 0 bridgehead atoms. The molecule has 29 heavy (non-hydrogen) atoms. The van der Waals surface area contributed by atoms with Crippen LogP contribution in [0.5, 0.6) is 5.75 Å². The number of likely N-dealkylation sites (tertiary alicyclic amines) is 1. The Balaban J connectivity index is 1.37. The third kappa shape index (κ3) is 4.42. The maximum Gasteiger partial charge on any atom is 0.415 e. The van der Waals surface area contributed by atoms with Crippen molar-refractivity contribution in [2.45, 2.75) is 25.7 Å². The summed E-state index contributed by atoms with van der Waals surface area (Å²) in [5.41, 5.74) is 2.62. The van der Waals surface area contributed by atoms with Crippen LogP contribution in [-0.2, 0) is 6.42 Å². The second-order valence-electron chi connectivity index (χ2n) is 7.28. The molecule has 1 fully saturated rings.